The average molecular weight is 268 g/mol. The van der Waals surface area contributed by atoms with E-state index in [4.69, 9.17) is 10.5 Å². The van der Waals surface area contributed by atoms with Gasteiger partial charge in [0.2, 0.25) is 0 Å². The van der Waals surface area contributed by atoms with Gasteiger partial charge in [0.1, 0.15) is 11.5 Å². The van der Waals surface area contributed by atoms with Gasteiger partial charge in [-0.2, -0.15) is 13.2 Å². The Kier molecular flexibility index (Phi) is 3.71. The van der Waals surface area contributed by atoms with Crippen molar-refractivity contribution in [2.45, 2.75) is 12.7 Å². The first-order chi connectivity index (χ1) is 9.00. The third kappa shape index (κ3) is 3.23. The second kappa shape index (κ2) is 5.27. The Morgan fingerprint density at radius 3 is 2.58 bits per heavy atom. The van der Waals surface area contributed by atoms with Crippen LogP contribution in [0, 0.1) is 0 Å². The van der Waals surface area contributed by atoms with Crippen LogP contribution in [-0.2, 0) is 12.7 Å². The topological polar surface area (TPSA) is 48.1 Å². The Morgan fingerprint density at radius 2 is 2.00 bits per heavy atom. The van der Waals surface area contributed by atoms with Gasteiger partial charge in [-0.3, -0.25) is 4.98 Å². The molecule has 0 aliphatic carbocycles. The summed E-state index contributed by atoms with van der Waals surface area (Å²) in [5, 5.41) is 0. The van der Waals surface area contributed by atoms with E-state index in [1.54, 1.807) is 18.3 Å². The van der Waals surface area contributed by atoms with E-state index in [1.165, 1.54) is 12.3 Å². The predicted octanol–water partition coefficient (Wildman–Crippen LogP) is 3.35. The smallest absolute Gasteiger partial charge is 0.416 e. The first-order valence-corrected chi connectivity index (χ1v) is 5.49. The number of nitrogens with zero attached hydrogens (tertiary/aromatic N) is 1. The Hall–Kier alpha value is -2.08. The zero-order chi connectivity index (χ0) is 13.9. The van der Waals surface area contributed by atoms with Crippen LogP contribution in [0.4, 0.5) is 13.2 Å². The number of halogens is 3. The normalized spacial score (nSPS) is 11.4. The molecule has 0 amide bonds. The molecular weight excluding hydrogens is 257 g/mol. The van der Waals surface area contributed by atoms with Crippen LogP contribution < -0.4 is 10.5 Å². The lowest BCUT2D eigenvalue weighted by atomic mass is 10.1. The monoisotopic (exact) mass is 268 g/mol. The minimum atomic E-state index is -4.39. The molecule has 0 saturated carbocycles. The van der Waals surface area contributed by atoms with Crippen molar-refractivity contribution in [2.24, 2.45) is 5.73 Å². The largest absolute Gasteiger partial charge is 0.455 e. The van der Waals surface area contributed by atoms with Crippen molar-refractivity contribution in [3.63, 3.8) is 0 Å². The van der Waals surface area contributed by atoms with Gasteiger partial charge >= 0.3 is 6.18 Å². The van der Waals surface area contributed by atoms with Crippen LogP contribution in [0.3, 0.4) is 0 Å². The lowest BCUT2D eigenvalue weighted by Crippen LogP contribution is -2.08. The molecule has 0 bridgehead atoms. The number of nitrogens with two attached hydrogens (primary N) is 1. The Morgan fingerprint density at radius 1 is 1.21 bits per heavy atom. The van der Waals surface area contributed by atoms with Crippen LogP contribution in [0.5, 0.6) is 11.5 Å². The Balaban J connectivity index is 2.32. The summed E-state index contributed by atoms with van der Waals surface area (Å²) in [6.07, 6.45) is -1.35. The van der Waals surface area contributed by atoms with Crippen LogP contribution >= 0.6 is 0 Å². The highest BCUT2D eigenvalue weighted by Crippen LogP contribution is 2.33. The van der Waals surface area contributed by atoms with Crippen molar-refractivity contribution in [1.82, 2.24) is 4.98 Å². The fraction of sp³-hybridized carbons (Fsp3) is 0.154. The molecule has 2 rings (SSSR count). The van der Waals surface area contributed by atoms with Crippen molar-refractivity contribution in [3.05, 3.63) is 53.9 Å². The van der Waals surface area contributed by atoms with E-state index in [-0.39, 0.29) is 6.54 Å². The zero-order valence-electron chi connectivity index (χ0n) is 9.82. The van der Waals surface area contributed by atoms with E-state index >= 15 is 0 Å². The summed E-state index contributed by atoms with van der Waals surface area (Å²) in [5.74, 6) is 0.737. The summed E-state index contributed by atoms with van der Waals surface area (Å²) in [6.45, 7) is -0.0421. The highest BCUT2D eigenvalue weighted by atomic mass is 19.4. The molecule has 1 aromatic carbocycles. The summed E-state index contributed by atoms with van der Waals surface area (Å²) >= 11 is 0. The molecule has 2 N–H and O–H groups in total. The fourth-order valence-electron chi connectivity index (χ4n) is 1.55. The maximum absolute atomic E-state index is 12.6. The summed E-state index contributed by atoms with van der Waals surface area (Å²) in [6, 6.07) is 6.54. The highest BCUT2D eigenvalue weighted by Gasteiger charge is 2.31. The average Bonchev–Trinajstić information content (AvgIpc) is 2.39. The molecule has 19 heavy (non-hydrogen) atoms. The number of aromatic nitrogens is 1. The van der Waals surface area contributed by atoms with Crippen molar-refractivity contribution in [2.75, 3.05) is 0 Å². The summed E-state index contributed by atoms with van der Waals surface area (Å²) in [4.78, 5) is 3.86. The first-order valence-electron chi connectivity index (χ1n) is 5.49. The molecule has 6 heteroatoms. The van der Waals surface area contributed by atoms with Crippen molar-refractivity contribution in [3.8, 4) is 11.5 Å². The van der Waals surface area contributed by atoms with Gasteiger partial charge in [0.15, 0.2) is 0 Å². The lowest BCUT2D eigenvalue weighted by molar-refractivity contribution is -0.137. The molecule has 0 saturated heterocycles. The van der Waals surface area contributed by atoms with Crippen molar-refractivity contribution >= 4 is 0 Å². The molecule has 0 radical (unpaired) electrons. The minimum Gasteiger partial charge on any atom is -0.455 e. The number of rotatable bonds is 3. The lowest BCUT2D eigenvalue weighted by Gasteiger charge is -2.13. The number of ether oxygens (including phenoxy) is 1. The van der Waals surface area contributed by atoms with Crippen LogP contribution in [0.2, 0.25) is 0 Å². The van der Waals surface area contributed by atoms with Crippen molar-refractivity contribution in [1.29, 1.82) is 0 Å². The standard InChI is InChI=1S/C13H11F3N2O/c14-13(15,16)10-3-4-12(9(6-10)7-17)19-11-2-1-5-18-8-11/h1-6,8H,7,17H2. The molecule has 0 fully saturated rings. The maximum atomic E-state index is 12.6. The Labute approximate surface area is 107 Å². The summed E-state index contributed by atoms with van der Waals surface area (Å²) in [7, 11) is 0. The summed E-state index contributed by atoms with van der Waals surface area (Å²) in [5.41, 5.74) is 5.00. The minimum absolute atomic E-state index is 0.0421. The number of alkyl halides is 3. The van der Waals surface area contributed by atoms with Crippen LogP contribution in [-0.4, -0.2) is 4.98 Å². The van der Waals surface area contributed by atoms with Gasteiger partial charge in [-0.05, 0) is 30.3 Å². The molecule has 0 atom stereocenters. The molecule has 100 valence electrons. The quantitative estimate of drug-likeness (QED) is 0.928. The summed E-state index contributed by atoms with van der Waals surface area (Å²) < 4.78 is 43.2. The highest BCUT2D eigenvalue weighted by molar-refractivity contribution is 5.40. The number of pyridine rings is 1. The van der Waals surface area contributed by atoms with E-state index in [9.17, 15) is 13.2 Å². The van der Waals surface area contributed by atoms with Gasteiger partial charge in [0, 0.05) is 18.3 Å². The second-order valence-corrected chi connectivity index (χ2v) is 3.82. The molecule has 3 nitrogen and oxygen atoms in total. The van der Waals surface area contributed by atoms with Gasteiger partial charge in [-0.15, -0.1) is 0 Å². The maximum Gasteiger partial charge on any atom is 0.416 e. The molecule has 0 aliphatic heterocycles. The molecule has 1 aromatic heterocycles. The molecule has 0 aliphatic rings. The predicted molar refractivity (Wildman–Crippen MR) is 63.6 cm³/mol. The molecule has 2 aromatic rings. The van der Waals surface area contributed by atoms with E-state index in [1.807, 2.05) is 0 Å². The van der Waals surface area contributed by atoms with Crippen LogP contribution in [0.15, 0.2) is 42.7 Å². The number of benzene rings is 1. The molecule has 0 spiro atoms. The molecular formula is C13H11F3N2O. The van der Waals surface area contributed by atoms with Crippen molar-refractivity contribution < 1.29 is 17.9 Å². The molecule has 0 unspecified atom stereocenters. The van der Waals surface area contributed by atoms with E-state index in [0.717, 1.165) is 12.1 Å². The van der Waals surface area contributed by atoms with E-state index in [2.05, 4.69) is 4.98 Å². The third-order valence-electron chi connectivity index (χ3n) is 2.47. The van der Waals surface area contributed by atoms with Crippen LogP contribution in [0.1, 0.15) is 11.1 Å². The van der Waals surface area contributed by atoms with E-state index in [0.29, 0.717) is 17.1 Å². The molecule has 1 heterocycles. The second-order valence-electron chi connectivity index (χ2n) is 3.82. The first kappa shape index (κ1) is 13.4. The van der Waals surface area contributed by atoms with E-state index < -0.39 is 11.7 Å². The SMILES string of the molecule is NCc1cc(C(F)(F)F)ccc1Oc1cccnc1. The third-order valence-corrected chi connectivity index (χ3v) is 2.47. The van der Waals surface area contributed by atoms with Gasteiger partial charge in [-0.25, -0.2) is 0 Å². The van der Waals surface area contributed by atoms with Gasteiger partial charge < -0.3 is 10.5 Å². The number of hydrogen-bond donors (Lipinski definition) is 1. The van der Waals surface area contributed by atoms with Crippen LogP contribution in [0.25, 0.3) is 0 Å². The fourth-order valence-corrected chi connectivity index (χ4v) is 1.55. The van der Waals surface area contributed by atoms with Gasteiger partial charge in [-0.1, -0.05) is 0 Å². The Bertz CT molecular complexity index is 556. The zero-order valence-corrected chi connectivity index (χ0v) is 9.82. The number of hydrogen-bond acceptors (Lipinski definition) is 3. The van der Waals surface area contributed by atoms with Gasteiger partial charge in [0.05, 0.1) is 11.8 Å². The van der Waals surface area contributed by atoms with Gasteiger partial charge in [0.25, 0.3) is 0 Å².